The number of ether oxygens (including phenoxy) is 6. The van der Waals surface area contributed by atoms with E-state index in [4.69, 9.17) is 28.4 Å². The Morgan fingerprint density at radius 3 is 2.29 bits per heavy atom. The number of ketones is 3. The number of rotatable bonds is 14. The molecule has 0 aromatic heterocycles. The van der Waals surface area contributed by atoms with Crippen molar-refractivity contribution < 1.29 is 72.8 Å². The van der Waals surface area contributed by atoms with Crippen LogP contribution in [0.4, 0.5) is 0 Å². The molecule has 3 rings (SSSR count). The van der Waals surface area contributed by atoms with E-state index >= 15 is 0 Å². The summed E-state index contributed by atoms with van der Waals surface area (Å²) >= 11 is 0. The van der Waals surface area contributed by atoms with Crippen molar-refractivity contribution in [2.75, 3.05) is 53.7 Å². The Morgan fingerprint density at radius 2 is 1.61 bits per heavy atom. The molecule has 2 bridgehead atoms. The quantitative estimate of drug-likeness (QED) is 0.0698. The van der Waals surface area contributed by atoms with E-state index in [1.165, 1.54) is 7.11 Å². The highest BCUT2D eigenvalue weighted by molar-refractivity contribution is 6.39. The number of nitrogens with zero attached hydrogens (tertiary/aromatic N) is 1. The van der Waals surface area contributed by atoms with Gasteiger partial charge in [-0.2, -0.15) is 0 Å². The molecule has 0 aromatic carbocycles. The Morgan fingerprint density at radius 1 is 0.886 bits per heavy atom. The summed E-state index contributed by atoms with van der Waals surface area (Å²) < 4.78 is 35.1. The third kappa shape index (κ3) is 18.5. The van der Waals surface area contributed by atoms with Crippen LogP contribution in [-0.2, 0) is 52.4 Å². The molecule has 2 fully saturated rings. The molecular formula is C54H87NO15. The molecule has 16 nitrogen and oxygen atoms in total. The van der Waals surface area contributed by atoms with Crippen LogP contribution in [0, 0.1) is 35.5 Å². The number of hydrogen-bond donors (Lipinski definition) is 4. The third-order valence-electron chi connectivity index (χ3n) is 14.3. The number of amides is 1. The summed E-state index contributed by atoms with van der Waals surface area (Å²) in [5.41, 5.74) is 1.18. The first kappa shape index (κ1) is 60.9. The minimum atomic E-state index is -2.50. The van der Waals surface area contributed by atoms with E-state index in [1.807, 2.05) is 58.1 Å². The van der Waals surface area contributed by atoms with Crippen LogP contribution in [0.3, 0.4) is 0 Å². The standard InChI is InChI=1S/C54H87NO15/c1-11-12-22-55-33-48(59)69-46(37(5)29-41-19-21-43(57)47(30-41)65-9)32-44(58)36(4)28-39(7)50(61)51(66-10)49(60)38(6)27-34(2)16-14-13-15-17-35(3)45(68-26-25-67-24-23-56)31-42-20-18-40(8)54(64,70-42)52(62)53(55)63/h13-17,28,34,36-38,40-43,45-47,50-51,56-57,61,64H,11-12,18-27,29-33H2,1-10H3/b15-13+,16-14+,35-17+,39-28+/t34-,36-,37+,38-,40-,41+,42-,43-,45?,46+,47-,50-,51+,54+/m1/s1. The molecule has 1 saturated heterocycles. The Labute approximate surface area is 417 Å². The van der Waals surface area contributed by atoms with E-state index in [0.29, 0.717) is 63.4 Å². The Hall–Kier alpha value is -3.45. The summed E-state index contributed by atoms with van der Waals surface area (Å²) in [5.74, 6) is -8.47. The maximum absolute atomic E-state index is 14.3. The molecule has 70 heavy (non-hydrogen) atoms. The van der Waals surface area contributed by atoms with Gasteiger partial charge < -0.3 is 53.7 Å². The number of fused-ring (bicyclic) bond motifs is 2. The second-order valence-corrected chi connectivity index (χ2v) is 20.2. The Balaban J connectivity index is 2.06. The lowest BCUT2D eigenvalue weighted by Crippen LogP contribution is -2.58. The maximum Gasteiger partial charge on any atom is 0.325 e. The van der Waals surface area contributed by atoms with Crippen molar-refractivity contribution in [3.63, 3.8) is 0 Å². The molecule has 1 amide bonds. The molecule has 398 valence electrons. The lowest BCUT2D eigenvalue weighted by molar-refractivity contribution is -0.265. The van der Waals surface area contributed by atoms with Crippen molar-refractivity contribution in [3.05, 3.63) is 47.6 Å². The largest absolute Gasteiger partial charge is 0.460 e. The highest BCUT2D eigenvalue weighted by atomic mass is 16.6. The fourth-order valence-corrected chi connectivity index (χ4v) is 9.78. The van der Waals surface area contributed by atoms with E-state index in [9.17, 15) is 44.4 Å². The minimum absolute atomic E-state index is 0.0130. The summed E-state index contributed by atoms with van der Waals surface area (Å²) in [6.07, 6.45) is 10.1. The number of methoxy groups -OCH3 is 2. The van der Waals surface area contributed by atoms with Gasteiger partial charge in [-0.05, 0) is 94.1 Å². The average Bonchev–Trinajstić information content (AvgIpc) is 3.32. The molecular weight excluding hydrogens is 903 g/mol. The number of hydrogen-bond acceptors (Lipinski definition) is 15. The zero-order valence-electron chi connectivity index (χ0n) is 43.7. The van der Waals surface area contributed by atoms with E-state index in [1.54, 1.807) is 40.9 Å². The first-order valence-corrected chi connectivity index (χ1v) is 25.6. The van der Waals surface area contributed by atoms with E-state index in [-0.39, 0.29) is 81.2 Å². The fraction of sp³-hybridized carbons (Fsp3) is 0.759. The fourth-order valence-electron chi connectivity index (χ4n) is 9.78. The van der Waals surface area contributed by atoms with Crippen LogP contribution in [0.5, 0.6) is 0 Å². The SMILES string of the molecule is CCCCN1CC(=O)O[C@H]([C@@H](C)C[C@@H]2CC[C@@H](O)[C@H](OC)C2)CC(=O)[C@H](C)/C=C(\C)[C@@H](O)[C@@H](OC)C(=O)[C@H](C)C[C@H](C)/C=C/C=C/C=C(\C)C(OCCOCCO)C[C@H]2CC[C@@H](C)[C@](O)(O2)C(=O)C1=O. The van der Waals surface area contributed by atoms with Gasteiger partial charge >= 0.3 is 5.97 Å². The van der Waals surface area contributed by atoms with Gasteiger partial charge in [0.2, 0.25) is 5.79 Å². The molecule has 0 radical (unpaired) electrons. The molecule has 4 N–H and O–H groups in total. The smallest absolute Gasteiger partial charge is 0.325 e. The maximum atomic E-state index is 14.3. The van der Waals surface area contributed by atoms with Crippen LogP contribution in [0.1, 0.15) is 126 Å². The Kier molecular flexibility index (Phi) is 26.6. The van der Waals surface area contributed by atoms with E-state index in [0.717, 1.165) is 10.5 Å². The summed E-state index contributed by atoms with van der Waals surface area (Å²) in [6.45, 7) is 14.2. The first-order valence-electron chi connectivity index (χ1n) is 25.6. The van der Waals surface area contributed by atoms with Crippen molar-refractivity contribution >= 4 is 29.2 Å². The van der Waals surface area contributed by atoms with Crippen molar-refractivity contribution in [2.24, 2.45) is 35.5 Å². The van der Waals surface area contributed by atoms with Crippen molar-refractivity contribution in [1.82, 2.24) is 4.90 Å². The molecule has 2 heterocycles. The number of allylic oxidation sites excluding steroid dienone is 6. The van der Waals surface area contributed by atoms with E-state index in [2.05, 4.69) is 0 Å². The second kappa shape index (κ2) is 30.6. The first-order chi connectivity index (χ1) is 33.2. The molecule has 1 aliphatic carbocycles. The topological polar surface area (TPSA) is 225 Å². The zero-order chi connectivity index (χ0) is 52.1. The van der Waals surface area contributed by atoms with Gasteiger partial charge in [0.25, 0.3) is 11.7 Å². The van der Waals surface area contributed by atoms with Crippen LogP contribution in [0.25, 0.3) is 0 Å². The third-order valence-corrected chi connectivity index (χ3v) is 14.3. The normalized spacial score (nSPS) is 36.4. The Bertz CT molecular complexity index is 1790. The van der Waals surface area contributed by atoms with Crippen molar-refractivity contribution in [3.8, 4) is 0 Å². The molecule has 1 unspecified atom stereocenters. The zero-order valence-corrected chi connectivity index (χ0v) is 43.7. The summed E-state index contributed by atoms with van der Waals surface area (Å²) in [7, 11) is 2.92. The highest BCUT2D eigenvalue weighted by Crippen LogP contribution is 2.37. The minimum Gasteiger partial charge on any atom is -0.460 e. The number of Topliss-reactive ketones (excluding diaryl/α,β-unsaturated/α-hetero) is 3. The monoisotopic (exact) mass is 990 g/mol. The van der Waals surface area contributed by atoms with Gasteiger partial charge in [-0.15, -0.1) is 0 Å². The predicted octanol–water partition coefficient (Wildman–Crippen LogP) is 5.81. The lowest BCUT2D eigenvalue weighted by atomic mass is 9.78. The van der Waals surface area contributed by atoms with Crippen LogP contribution < -0.4 is 0 Å². The van der Waals surface area contributed by atoms with Crippen molar-refractivity contribution in [1.29, 1.82) is 0 Å². The van der Waals surface area contributed by atoms with Gasteiger partial charge in [0.1, 0.15) is 30.6 Å². The van der Waals surface area contributed by atoms with Gasteiger partial charge in [-0.1, -0.05) is 84.4 Å². The van der Waals surface area contributed by atoms with Crippen molar-refractivity contribution in [2.45, 2.75) is 175 Å². The second-order valence-electron chi connectivity index (χ2n) is 20.2. The van der Waals surface area contributed by atoms with Gasteiger partial charge in [-0.25, -0.2) is 0 Å². The summed E-state index contributed by atoms with van der Waals surface area (Å²) in [6, 6.07) is 0. The lowest BCUT2D eigenvalue weighted by Gasteiger charge is -2.41. The van der Waals surface area contributed by atoms with Gasteiger partial charge in [0.15, 0.2) is 5.78 Å². The number of aliphatic hydroxyl groups is 4. The number of cyclic esters (lactones) is 1. The van der Waals surface area contributed by atoms with Gasteiger partial charge in [0.05, 0.1) is 50.8 Å². The molecule has 0 aromatic rings. The van der Waals surface area contributed by atoms with Crippen LogP contribution >= 0.6 is 0 Å². The molecule has 14 atom stereocenters. The average molecular weight is 990 g/mol. The number of aliphatic hydroxyl groups excluding tert-OH is 3. The highest BCUT2D eigenvalue weighted by Gasteiger charge is 2.52. The number of carbonyl (C=O) groups excluding carboxylic acids is 5. The van der Waals surface area contributed by atoms with Crippen LogP contribution in [-0.4, -0.2) is 157 Å². The van der Waals surface area contributed by atoms with E-state index < -0.39 is 84.4 Å². The summed E-state index contributed by atoms with van der Waals surface area (Å²) in [4.78, 5) is 71.5. The van der Waals surface area contributed by atoms with Crippen LogP contribution in [0.2, 0.25) is 0 Å². The molecule has 3 aliphatic rings. The van der Waals surface area contributed by atoms with Crippen LogP contribution in [0.15, 0.2) is 47.6 Å². The number of carbonyl (C=O) groups is 5. The van der Waals surface area contributed by atoms with Gasteiger partial charge in [-0.3, -0.25) is 24.0 Å². The molecule has 2 aliphatic heterocycles. The predicted molar refractivity (Wildman–Crippen MR) is 264 cm³/mol. The molecule has 16 heteroatoms. The number of esters is 1. The molecule has 0 spiro atoms. The molecule has 1 saturated carbocycles. The number of unbranched alkanes of at least 4 members (excludes halogenated alkanes) is 1. The summed E-state index contributed by atoms with van der Waals surface area (Å²) in [5, 5.41) is 43.2. The van der Waals surface area contributed by atoms with Gasteiger partial charge in [0, 0.05) is 51.4 Å².